The first kappa shape index (κ1) is 87.1. The molecule has 6 bridgehead atoms. The van der Waals surface area contributed by atoms with Gasteiger partial charge in [0, 0.05) is 56.0 Å². The summed E-state index contributed by atoms with van der Waals surface area (Å²) in [6.45, 7) is 13.2. The smallest absolute Gasteiger partial charge is 0.466 e. The van der Waals surface area contributed by atoms with Crippen molar-refractivity contribution in [1.82, 2.24) is 23.6 Å². The lowest BCUT2D eigenvalue weighted by Gasteiger charge is -2.22. The van der Waals surface area contributed by atoms with Gasteiger partial charge in [0.2, 0.25) is 0 Å². The maximum Gasteiger partial charge on any atom is 0.511 e. The third-order valence-corrected chi connectivity index (χ3v) is 19.9. The number of hydrogen-bond acceptors (Lipinski definition) is 18. The van der Waals surface area contributed by atoms with Crippen LogP contribution in [0.3, 0.4) is 0 Å². The Morgan fingerprint density at radius 3 is 1.01 bits per heavy atom. The summed E-state index contributed by atoms with van der Waals surface area (Å²) in [5.41, 5.74) is -25.8. The second-order valence-electron chi connectivity index (χ2n) is 20.8. The minimum absolute atomic E-state index is 0.00660. The summed E-state index contributed by atoms with van der Waals surface area (Å²) in [7, 11) is -23.6. The number of alkyl halides is 15. The molecular formula is C49H72F15N5O18S5. The molecule has 6 aliphatic rings. The van der Waals surface area contributed by atoms with Crippen LogP contribution in [0.4, 0.5) is 65.9 Å². The molecule has 536 valence electrons. The monoisotopic (exact) mass is 1460 g/mol. The van der Waals surface area contributed by atoms with Crippen molar-refractivity contribution < 1.29 is 146 Å². The molecule has 0 aliphatic heterocycles. The Morgan fingerprint density at radius 1 is 0.446 bits per heavy atom. The first-order valence-electron chi connectivity index (χ1n) is 26.7. The number of carbonyl (C=O) groups excluding carboxylic acids is 4. The molecule has 0 spiro atoms. The zero-order chi connectivity index (χ0) is 71.9. The molecule has 23 nitrogen and oxygen atoms in total. The van der Waals surface area contributed by atoms with Crippen LogP contribution in [0.25, 0.3) is 0 Å². The van der Waals surface area contributed by atoms with E-state index in [2.05, 4.69) is 51.3 Å². The largest absolute Gasteiger partial charge is 0.511 e. The molecule has 6 rings (SSSR count). The lowest BCUT2D eigenvalue weighted by Crippen LogP contribution is -2.39. The molecule has 9 unspecified atom stereocenters. The average molecular weight is 1460 g/mol. The van der Waals surface area contributed by atoms with Gasteiger partial charge in [-0.1, -0.05) is 51.3 Å². The SMILES string of the molecule is C=C(C)C(=O)OC.C=C(C)C(=O)OCCNS(=O)(=O)C(F)(F)F.C=CC(=O)OC.C=CC(=O)OCCNS(=O)(=O)C(F)(F)F.O=S(=O)(NCC1CC2C=CC1C2)C(F)(F)F.O=S(=O)(NCC1CC2CCC1C2)C(F)(F)F.O=S(=O)(NCC1CC2CCC1C2)C(F)(F)F. The van der Waals surface area contributed by atoms with Crippen molar-refractivity contribution in [3.63, 3.8) is 0 Å². The summed E-state index contributed by atoms with van der Waals surface area (Å²) in [5, 5.41) is 0. The number of sulfonamides is 5. The fourth-order valence-corrected chi connectivity index (χ4v) is 12.4. The molecule has 0 radical (unpaired) electrons. The van der Waals surface area contributed by atoms with Crippen molar-refractivity contribution in [3.05, 3.63) is 61.8 Å². The Bertz CT molecular complexity index is 3040. The van der Waals surface area contributed by atoms with Crippen LogP contribution in [0.5, 0.6) is 0 Å². The highest BCUT2D eigenvalue weighted by Gasteiger charge is 2.50. The van der Waals surface area contributed by atoms with E-state index in [0.717, 1.165) is 76.4 Å². The molecule has 5 N–H and O–H groups in total. The summed E-state index contributed by atoms with van der Waals surface area (Å²) in [6.07, 6.45) is 15.9. The fourth-order valence-electron chi connectivity index (χ4n) is 9.53. The fraction of sp³-hybridized carbons (Fsp3) is 0.714. The third-order valence-electron chi connectivity index (χ3n) is 14.0. The molecule has 0 aromatic rings. The molecular weight excluding hydrogens is 1390 g/mol. The number of hydrogen-bond donors (Lipinski definition) is 5. The van der Waals surface area contributed by atoms with Gasteiger partial charge in [0.1, 0.15) is 13.2 Å². The van der Waals surface area contributed by atoms with Gasteiger partial charge in [-0.05, 0) is 118 Å². The highest BCUT2D eigenvalue weighted by Crippen LogP contribution is 2.49. The van der Waals surface area contributed by atoms with Crippen LogP contribution in [-0.2, 0) is 88.2 Å². The van der Waals surface area contributed by atoms with Crippen molar-refractivity contribution in [3.8, 4) is 0 Å². The van der Waals surface area contributed by atoms with Crippen LogP contribution >= 0.6 is 0 Å². The molecule has 9 atom stereocenters. The quantitative estimate of drug-likeness (QED) is 0.0190. The normalized spacial score (nSPS) is 23.0. The Kier molecular flexibility index (Phi) is 34.9. The summed E-state index contributed by atoms with van der Waals surface area (Å²) in [5.74, 6) is 0.505. The first-order chi connectivity index (χ1) is 41.7. The molecule has 43 heteroatoms. The number of methoxy groups -OCH3 is 2. The third kappa shape index (κ3) is 30.2. The van der Waals surface area contributed by atoms with Gasteiger partial charge in [-0.2, -0.15) is 65.9 Å². The van der Waals surface area contributed by atoms with Crippen molar-refractivity contribution >= 4 is 74.0 Å². The van der Waals surface area contributed by atoms with Crippen LogP contribution in [0.2, 0.25) is 0 Å². The highest BCUT2D eigenvalue weighted by atomic mass is 32.2. The first-order valence-corrected chi connectivity index (χ1v) is 34.1. The van der Waals surface area contributed by atoms with Crippen LogP contribution in [0, 0.1) is 53.3 Å². The van der Waals surface area contributed by atoms with Crippen LogP contribution in [0.15, 0.2) is 61.8 Å². The van der Waals surface area contributed by atoms with Gasteiger partial charge in [0.25, 0.3) is 0 Å². The van der Waals surface area contributed by atoms with Gasteiger partial charge in [0.05, 0.1) is 14.2 Å². The van der Waals surface area contributed by atoms with Gasteiger partial charge in [-0.3, -0.25) is 0 Å². The van der Waals surface area contributed by atoms with E-state index in [1.807, 2.05) is 6.08 Å². The molecule has 0 aromatic carbocycles. The zero-order valence-corrected chi connectivity index (χ0v) is 53.5. The van der Waals surface area contributed by atoms with E-state index in [1.54, 1.807) is 21.1 Å². The van der Waals surface area contributed by atoms with E-state index in [4.69, 9.17) is 0 Å². The molecule has 5 fully saturated rings. The zero-order valence-electron chi connectivity index (χ0n) is 49.4. The van der Waals surface area contributed by atoms with Crippen LogP contribution in [-0.4, -0.2) is 154 Å². The minimum Gasteiger partial charge on any atom is -0.466 e. The molecule has 0 amide bonds. The summed E-state index contributed by atoms with van der Waals surface area (Å²) in [6, 6.07) is 0. The summed E-state index contributed by atoms with van der Waals surface area (Å²) >= 11 is 0. The van der Waals surface area contributed by atoms with E-state index in [-0.39, 0.29) is 54.8 Å². The van der Waals surface area contributed by atoms with Gasteiger partial charge >= 0.3 is 102 Å². The standard InChI is InChI=1S/2C9H14F3NO2S.C9H12F3NO2S.C7H10F3NO4S.C6H8F3NO4S.C5H8O2.C4H6O2/c3*10-9(11,12)16(14,15)13-5-8-4-6-1-2-7(8)3-6;1-5(2)6(12)15-4-3-11-16(13,14)7(8,9)10;1-2-5(11)14-4-3-10-15(12,13)6(7,8)9;1-4(2)5(6)7-3;1-3-4(5)6-2/h2*6-8,13H,1-5H2;1-2,6-8,13H,3-5H2;11H,1,3-4H2,2H3;2,10H,1,3-4H2;1H2,2-3H3;3H,1H2,2H3. The molecule has 5 saturated carbocycles. The van der Waals surface area contributed by atoms with E-state index < -0.39 is 122 Å². The molecule has 0 saturated heterocycles. The second-order valence-corrected chi connectivity index (χ2v) is 29.6. The number of allylic oxidation sites excluding steroid dienone is 2. The molecule has 0 aromatic heterocycles. The van der Waals surface area contributed by atoms with Crippen molar-refractivity contribution in [2.75, 3.05) is 60.2 Å². The number of fused-ring (bicyclic) bond motifs is 6. The van der Waals surface area contributed by atoms with E-state index in [1.165, 1.54) is 30.6 Å². The molecule has 6 aliphatic carbocycles. The Hall–Kier alpha value is -4.92. The van der Waals surface area contributed by atoms with Gasteiger partial charge in [-0.25, -0.2) is 84.9 Å². The van der Waals surface area contributed by atoms with E-state index in [9.17, 15) is 127 Å². The molecule has 0 heterocycles. The lowest BCUT2D eigenvalue weighted by molar-refractivity contribution is -0.139. The van der Waals surface area contributed by atoms with Gasteiger partial charge < -0.3 is 18.9 Å². The van der Waals surface area contributed by atoms with Crippen LogP contribution in [0.1, 0.15) is 78.1 Å². The second kappa shape index (κ2) is 36.8. The Balaban J connectivity index is 0.00000107. The molecule has 92 heavy (non-hydrogen) atoms. The van der Waals surface area contributed by atoms with Crippen molar-refractivity contribution in [2.24, 2.45) is 53.3 Å². The number of carbonyl (C=O) groups is 4. The van der Waals surface area contributed by atoms with Crippen molar-refractivity contribution in [1.29, 1.82) is 0 Å². The maximum atomic E-state index is 12.0. The Labute approximate surface area is 522 Å². The van der Waals surface area contributed by atoms with Crippen LogP contribution < -0.4 is 23.6 Å². The average Bonchev–Trinajstić information content (AvgIpc) is 1.77. The number of nitrogens with one attached hydrogen (secondary N) is 5. The van der Waals surface area contributed by atoms with E-state index >= 15 is 0 Å². The summed E-state index contributed by atoms with van der Waals surface area (Å²) < 4.78 is 310. The van der Waals surface area contributed by atoms with Crippen molar-refractivity contribution in [2.45, 2.75) is 106 Å². The summed E-state index contributed by atoms with van der Waals surface area (Å²) in [4.78, 5) is 41.2. The number of rotatable bonds is 21. The van der Waals surface area contributed by atoms with Gasteiger partial charge in [0.15, 0.2) is 0 Å². The Morgan fingerprint density at radius 2 is 0.783 bits per heavy atom. The topological polar surface area (TPSA) is 336 Å². The maximum absolute atomic E-state index is 12.0. The predicted molar refractivity (Wildman–Crippen MR) is 298 cm³/mol. The lowest BCUT2D eigenvalue weighted by atomic mass is 9.89. The van der Waals surface area contributed by atoms with Gasteiger partial charge in [-0.15, -0.1) is 0 Å². The predicted octanol–water partition coefficient (Wildman–Crippen LogP) is 7.14. The highest BCUT2D eigenvalue weighted by molar-refractivity contribution is 7.91. The number of halogens is 15. The number of esters is 4. The number of ether oxygens (including phenoxy) is 4. The minimum atomic E-state index is -5.38. The van der Waals surface area contributed by atoms with E-state index in [0.29, 0.717) is 35.2 Å².